The largest absolute Gasteiger partial charge is 0.477 e. The van der Waals surface area contributed by atoms with Crippen LogP contribution in [0.1, 0.15) is 16.2 Å². The van der Waals surface area contributed by atoms with E-state index in [-0.39, 0.29) is 11.6 Å². The molecule has 2 aromatic heterocycles. The molecule has 0 bridgehead atoms. The van der Waals surface area contributed by atoms with Crippen molar-refractivity contribution in [2.24, 2.45) is 7.05 Å². The minimum atomic E-state index is -1.08. The van der Waals surface area contributed by atoms with Gasteiger partial charge in [0, 0.05) is 19.4 Å². The molecule has 17 heavy (non-hydrogen) atoms. The number of nitrogens with zero attached hydrogens (tertiary/aromatic N) is 4. The summed E-state index contributed by atoms with van der Waals surface area (Å²) >= 11 is 0. The van der Waals surface area contributed by atoms with Crippen molar-refractivity contribution in [3.8, 4) is 0 Å². The highest BCUT2D eigenvalue weighted by molar-refractivity contribution is 5.85. The Kier molecular flexibility index (Phi) is 2.99. The van der Waals surface area contributed by atoms with E-state index in [0.29, 0.717) is 6.54 Å². The van der Waals surface area contributed by atoms with Crippen LogP contribution in [0.3, 0.4) is 0 Å². The van der Waals surface area contributed by atoms with Gasteiger partial charge in [0.15, 0.2) is 5.69 Å². The monoisotopic (exact) mass is 233 g/mol. The van der Waals surface area contributed by atoms with Gasteiger partial charge in [-0.15, -0.1) is 0 Å². The van der Waals surface area contributed by atoms with Crippen LogP contribution in [0.25, 0.3) is 0 Å². The predicted molar refractivity (Wildman–Crippen MR) is 59.5 cm³/mol. The molecule has 0 radical (unpaired) electrons. The van der Waals surface area contributed by atoms with Gasteiger partial charge in [0.25, 0.3) is 0 Å². The van der Waals surface area contributed by atoms with Gasteiger partial charge in [-0.1, -0.05) is 0 Å². The summed E-state index contributed by atoms with van der Waals surface area (Å²) in [5.74, 6) is -0.802. The molecule has 88 valence electrons. The van der Waals surface area contributed by atoms with Crippen LogP contribution < -0.4 is 5.32 Å². The van der Waals surface area contributed by atoms with Crippen molar-refractivity contribution in [3.05, 3.63) is 35.9 Å². The zero-order chi connectivity index (χ0) is 12.3. The minimum absolute atomic E-state index is 0.0384. The third-order valence-corrected chi connectivity index (χ3v) is 2.07. The number of rotatable bonds is 4. The number of aryl methyl sites for hydroxylation is 1. The Hall–Kier alpha value is -2.44. The number of carboxylic acids is 1. The van der Waals surface area contributed by atoms with Crippen molar-refractivity contribution in [2.45, 2.75) is 6.54 Å². The summed E-state index contributed by atoms with van der Waals surface area (Å²) in [6, 6.07) is 3.20. The molecule has 0 aliphatic heterocycles. The average molecular weight is 233 g/mol. The summed E-state index contributed by atoms with van der Waals surface area (Å²) in [5, 5.41) is 15.8. The van der Waals surface area contributed by atoms with Crippen LogP contribution in [-0.2, 0) is 13.6 Å². The number of nitrogens with one attached hydrogen (secondary N) is 1. The normalized spacial score (nSPS) is 10.2. The van der Waals surface area contributed by atoms with Gasteiger partial charge >= 0.3 is 5.97 Å². The molecule has 0 amide bonds. The van der Waals surface area contributed by atoms with Crippen molar-refractivity contribution in [2.75, 3.05) is 5.32 Å². The first-order valence-corrected chi connectivity index (χ1v) is 4.94. The standard InChI is InChI=1S/C10H11N5O2/c1-15-5-3-7(14-15)6-12-10-11-4-2-8(13-10)9(16)17/h2-5H,6H2,1H3,(H,16,17)(H,11,12,13). The van der Waals surface area contributed by atoms with E-state index in [9.17, 15) is 4.79 Å². The smallest absolute Gasteiger partial charge is 0.354 e. The fraction of sp³-hybridized carbons (Fsp3) is 0.200. The molecule has 0 aliphatic rings. The zero-order valence-corrected chi connectivity index (χ0v) is 9.16. The maximum absolute atomic E-state index is 10.7. The van der Waals surface area contributed by atoms with Gasteiger partial charge in [-0.3, -0.25) is 4.68 Å². The molecule has 2 rings (SSSR count). The molecule has 2 N–H and O–H groups in total. The lowest BCUT2D eigenvalue weighted by molar-refractivity contribution is 0.0690. The summed E-state index contributed by atoms with van der Waals surface area (Å²) in [6.45, 7) is 0.448. The molecule has 0 aliphatic carbocycles. The molecular weight excluding hydrogens is 222 g/mol. The first-order valence-electron chi connectivity index (χ1n) is 4.94. The zero-order valence-electron chi connectivity index (χ0n) is 9.16. The fourth-order valence-corrected chi connectivity index (χ4v) is 1.29. The summed E-state index contributed by atoms with van der Waals surface area (Å²) in [6.07, 6.45) is 3.22. The summed E-state index contributed by atoms with van der Waals surface area (Å²) in [5.41, 5.74) is 0.792. The van der Waals surface area contributed by atoms with Gasteiger partial charge in [-0.25, -0.2) is 14.8 Å². The van der Waals surface area contributed by atoms with Gasteiger partial charge in [-0.2, -0.15) is 5.10 Å². The van der Waals surface area contributed by atoms with E-state index in [1.54, 1.807) is 4.68 Å². The quantitative estimate of drug-likeness (QED) is 0.799. The Bertz CT molecular complexity index is 537. The summed E-state index contributed by atoms with van der Waals surface area (Å²) in [4.78, 5) is 18.5. The van der Waals surface area contributed by atoms with Gasteiger partial charge in [0.2, 0.25) is 5.95 Å². The first-order chi connectivity index (χ1) is 8.15. The Morgan fingerprint density at radius 2 is 2.35 bits per heavy atom. The molecule has 0 saturated carbocycles. The highest BCUT2D eigenvalue weighted by Crippen LogP contribution is 2.03. The van der Waals surface area contributed by atoms with E-state index in [1.165, 1.54) is 12.3 Å². The van der Waals surface area contributed by atoms with Gasteiger partial charge in [0.05, 0.1) is 12.2 Å². The third-order valence-electron chi connectivity index (χ3n) is 2.07. The molecule has 0 fully saturated rings. The lowest BCUT2D eigenvalue weighted by Crippen LogP contribution is -2.08. The number of carboxylic acid groups (broad SMARTS) is 1. The summed E-state index contributed by atoms with van der Waals surface area (Å²) < 4.78 is 1.69. The highest BCUT2D eigenvalue weighted by atomic mass is 16.4. The molecule has 7 heteroatoms. The van der Waals surface area contributed by atoms with Crippen molar-refractivity contribution in [1.82, 2.24) is 19.7 Å². The van der Waals surface area contributed by atoms with Crippen molar-refractivity contribution >= 4 is 11.9 Å². The molecule has 7 nitrogen and oxygen atoms in total. The highest BCUT2D eigenvalue weighted by Gasteiger charge is 2.06. The SMILES string of the molecule is Cn1ccc(CNc2nccc(C(=O)O)n2)n1. The molecule has 0 aromatic carbocycles. The van der Waals surface area contributed by atoms with Crippen LogP contribution >= 0.6 is 0 Å². The van der Waals surface area contributed by atoms with E-state index in [4.69, 9.17) is 5.11 Å². The van der Waals surface area contributed by atoms with Crippen LogP contribution in [0.2, 0.25) is 0 Å². The lowest BCUT2D eigenvalue weighted by atomic mass is 10.4. The molecule has 2 heterocycles. The Labute approximate surface area is 97.1 Å². The van der Waals surface area contributed by atoms with Crippen LogP contribution in [0, 0.1) is 0 Å². The molecule has 0 atom stereocenters. The first kappa shape index (κ1) is 11.1. The second kappa shape index (κ2) is 4.60. The summed E-state index contributed by atoms with van der Waals surface area (Å²) in [7, 11) is 1.82. The average Bonchev–Trinajstić information content (AvgIpc) is 2.73. The minimum Gasteiger partial charge on any atom is -0.477 e. The molecule has 2 aromatic rings. The van der Waals surface area contributed by atoms with E-state index in [1.807, 2.05) is 19.3 Å². The maximum atomic E-state index is 10.7. The molecule has 0 spiro atoms. The second-order valence-corrected chi connectivity index (χ2v) is 3.40. The Balaban J connectivity index is 2.04. The number of aromatic carboxylic acids is 1. The van der Waals surface area contributed by atoms with Crippen molar-refractivity contribution in [3.63, 3.8) is 0 Å². The van der Waals surface area contributed by atoms with E-state index >= 15 is 0 Å². The van der Waals surface area contributed by atoms with E-state index in [0.717, 1.165) is 5.69 Å². The van der Waals surface area contributed by atoms with Crippen molar-refractivity contribution < 1.29 is 9.90 Å². The lowest BCUT2D eigenvalue weighted by Gasteiger charge is -2.02. The predicted octanol–water partition coefficient (Wildman–Crippen LogP) is 0.520. The fourth-order valence-electron chi connectivity index (χ4n) is 1.29. The number of carbonyl (C=O) groups is 1. The number of anilines is 1. The molecular formula is C10H11N5O2. The number of aromatic nitrogens is 4. The van der Waals surface area contributed by atoms with Gasteiger partial charge < -0.3 is 10.4 Å². The van der Waals surface area contributed by atoms with Crippen LogP contribution in [0.4, 0.5) is 5.95 Å². The van der Waals surface area contributed by atoms with Crippen LogP contribution in [0.5, 0.6) is 0 Å². The molecule has 0 unspecified atom stereocenters. The van der Waals surface area contributed by atoms with Crippen LogP contribution in [-0.4, -0.2) is 30.8 Å². The van der Waals surface area contributed by atoms with E-state index < -0.39 is 5.97 Å². The van der Waals surface area contributed by atoms with Crippen LogP contribution in [0.15, 0.2) is 24.5 Å². The van der Waals surface area contributed by atoms with E-state index in [2.05, 4.69) is 20.4 Å². The Morgan fingerprint density at radius 1 is 1.53 bits per heavy atom. The second-order valence-electron chi connectivity index (χ2n) is 3.40. The number of hydrogen-bond acceptors (Lipinski definition) is 5. The van der Waals surface area contributed by atoms with Crippen molar-refractivity contribution in [1.29, 1.82) is 0 Å². The Morgan fingerprint density at radius 3 is 3.00 bits per heavy atom. The maximum Gasteiger partial charge on any atom is 0.354 e. The number of hydrogen-bond donors (Lipinski definition) is 2. The topological polar surface area (TPSA) is 92.9 Å². The third kappa shape index (κ3) is 2.77. The molecule has 0 saturated heterocycles. The van der Waals surface area contributed by atoms with Gasteiger partial charge in [0.1, 0.15) is 0 Å². The van der Waals surface area contributed by atoms with Gasteiger partial charge in [-0.05, 0) is 12.1 Å².